The minimum Gasteiger partial charge on any atom is -0.481 e. The highest BCUT2D eigenvalue weighted by molar-refractivity contribution is 5.86. The Bertz CT molecular complexity index is 1210. The highest BCUT2D eigenvalue weighted by Gasteiger charge is 2.32. The summed E-state index contributed by atoms with van der Waals surface area (Å²) in [6, 6.07) is 25.9. The second kappa shape index (κ2) is 12.3. The van der Waals surface area contributed by atoms with Crippen molar-refractivity contribution in [2.75, 3.05) is 0 Å². The van der Waals surface area contributed by atoms with Crippen LogP contribution in [0.3, 0.4) is 0 Å². The average Bonchev–Trinajstić information content (AvgIpc) is 2.84. The zero-order chi connectivity index (χ0) is 26.1. The molecular weight excluding hydrogens is 448 g/mol. The van der Waals surface area contributed by atoms with Crippen molar-refractivity contribution < 1.29 is 19.8 Å². The lowest BCUT2D eigenvalue weighted by Crippen LogP contribution is -2.28. The van der Waals surface area contributed by atoms with Crippen molar-refractivity contribution in [3.8, 4) is 22.3 Å². The Morgan fingerprint density at radius 3 is 1.97 bits per heavy atom. The molecule has 3 aromatic carbocycles. The third-order valence-corrected chi connectivity index (χ3v) is 7.01. The quantitative estimate of drug-likeness (QED) is 0.334. The topological polar surface area (TPSA) is 74.6 Å². The van der Waals surface area contributed by atoms with Gasteiger partial charge in [-0.25, -0.2) is 0 Å². The largest absolute Gasteiger partial charge is 0.481 e. The van der Waals surface area contributed by atoms with Crippen molar-refractivity contribution in [3.05, 3.63) is 96.1 Å². The van der Waals surface area contributed by atoms with Crippen LogP contribution < -0.4 is 0 Å². The summed E-state index contributed by atoms with van der Waals surface area (Å²) in [6.45, 7) is 6.29. The van der Waals surface area contributed by atoms with Gasteiger partial charge in [0.05, 0.1) is 12.8 Å². The summed E-state index contributed by atoms with van der Waals surface area (Å²) in [6.07, 6.45) is 5.89. The molecule has 36 heavy (non-hydrogen) atoms. The molecule has 0 spiro atoms. The zero-order valence-electron chi connectivity index (χ0n) is 21.4. The minimum atomic E-state index is -0.815. The van der Waals surface area contributed by atoms with Crippen LogP contribution in [0.1, 0.15) is 52.0 Å². The van der Waals surface area contributed by atoms with Crippen LogP contribution in [-0.4, -0.2) is 22.2 Å². The monoisotopic (exact) mass is 484 g/mol. The van der Waals surface area contributed by atoms with Gasteiger partial charge in [0.15, 0.2) is 0 Å². The predicted molar refractivity (Wildman–Crippen MR) is 146 cm³/mol. The number of carbonyl (C=O) groups is 2. The van der Waals surface area contributed by atoms with E-state index >= 15 is 0 Å². The van der Waals surface area contributed by atoms with Gasteiger partial charge in [0.2, 0.25) is 0 Å². The van der Waals surface area contributed by atoms with Gasteiger partial charge in [-0.1, -0.05) is 104 Å². The molecule has 0 saturated carbocycles. The van der Waals surface area contributed by atoms with Gasteiger partial charge >= 0.3 is 11.9 Å². The molecule has 0 fully saturated rings. The van der Waals surface area contributed by atoms with Gasteiger partial charge < -0.3 is 10.2 Å². The molecule has 3 aromatic rings. The summed E-state index contributed by atoms with van der Waals surface area (Å²) in [4.78, 5) is 21.8. The van der Waals surface area contributed by atoms with Gasteiger partial charge in [0, 0.05) is 0 Å². The van der Waals surface area contributed by atoms with Crippen molar-refractivity contribution in [3.63, 3.8) is 0 Å². The number of carboxylic acid groups (broad SMARTS) is 2. The van der Waals surface area contributed by atoms with Crippen LogP contribution in [0, 0.1) is 11.3 Å². The maximum atomic E-state index is 11.1. The predicted octanol–water partition coefficient (Wildman–Crippen LogP) is 7.88. The lowest BCUT2D eigenvalue weighted by Gasteiger charge is -2.35. The third-order valence-electron chi connectivity index (χ3n) is 7.01. The van der Waals surface area contributed by atoms with Crippen LogP contribution in [0.15, 0.2) is 90.5 Å². The highest BCUT2D eigenvalue weighted by Crippen LogP contribution is 2.40. The Kier molecular flexibility index (Phi) is 9.24. The SMILES string of the molecule is CC1=CCC(C(C)(C)CC(=O)O)CC1.O=C(O)Cc1ccccc1-c1ccccc1-c1ccccc1. The standard InChI is InChI=1S/C20H16O2.C12H20O2/c21-20(22)14-16-10-4-5-12-18(16)19-13-7-6-11-17(19)15-8-2-1-3-9-15;1-9-4-6-10(7-5-9)12(2,3)8-11(13)14/h1-13H,14H2,(H,21,22);4,10H,5-8H2,1-3H3,(H,13,14). The molecule has 1 unspecified atom stereocenters. The fraction of sp³-hybridized carbons (Fsp3) is 0.312. The van der Waals surface area contributed by atoms with Gasteiger partial charge in [-0.3, -0.25) is 9.59 Å². The first-order valence-corrected chi connectivity index (χ1v) is 12.5. The molecule has 0 aromatic heterocycles. The fourth-order valence-electron chi connectivity index (χ4n) is 4.90. The fourth-order valence-corrected chi connectivity index (χ4v) is 4.90. The number of carboxylic acids is 2. The van der Waals surface area contributed by atoms with Gasteiger partial charge in [-0.15, -0.1) is 0 Å². The van der Waals surface area contributed by atoms with E-state index in [1.165, 1.54) is 5.57 Å². The lowest BCUT2D eigenvalue weighted by molar-refractivity contribution is -0.140. The zero-order valence-corrected chi connectivity index (χ0v) is 21.4. The molecule has 1 aliphatic carbocycles. The van der Waals surface area contributed by atoms with E-state index in [1.54, 1.807) is 0 Å². The van der Waals surface area contributed by atoms with E-state index in [4.69, 9.17) is 10.2 Å². The summed E-state index contributed by atoms with van der Waals surface area (Å²) in [5.74, 6) is -0.965. The van der Waals surface area contributed by atoms with Crippen LogP contribution in [0.25, 0.3) is 22.3 Å². The number of aliphatic carboxylic acids is 2. The Morgan fingerprint density at radius 2 is 1.39 bits per heavy atom. The maximum absolute atomic E-state index is 11.1. The Morgan fingerprint density at radius 1 is 0.806 bits per heavy atom. The molecule has 1 atom stereocenters. The molecule has 0 radical (unpaired) electrons. The average molecular weight is 485 g/mol. The van der Waals surface area contributed by atoms with Gasteiger partial charge in [0.25, 0.3) is 0 Å². The summed E-state index contributed by atoms with van der Waals surface area (Å²) in [7, 11) is 0. The maximum Gasteiger partial charge on any atom is 0.307 e. The van der Waals surface area contributed by atoms with E-state index in [1.807, 2.05) is 60.7 Å². The molecule has 0 bridgehead atoms. The molecule has 0 heterocycles. The third kappa shape index (κ3) is 7.42. The van der Waals surface area contributed by atoms with Crippen LogP contribution >= 0.6 is 0 Å². The Hall–Kier alpha value is -3.66. The summed E-state index contributed by atoms with van der Waals surface area (Å²) in [5.41, 5.74) is 6.49. The Labute approximate surface area is 214 Å². The molecule has 1 aliphatic rings. The molecule has 2 N–H and O–H groups in total. The van der Waals surface area contributed by atoms with Crippen LogP contribution in [0.2, 0.25) is 0 Å². The smallest absolute Gasteiger partial charge is 0.307 e. The first-order chi connectivity index (χ1) is 17.2. The van der Waals surface area contributed by atoms with E-state index < -0.39 is 11.9 Å². The van der Waals surface area contributed by atoms with E-state index in [0.717, 1.165) is 47.1 Å². The molecule has 0 aliphatic heterocycles. The van der Waals surface area contributed by atoms with E-state index in [9.17, 15) is 9.59 Å². The summed E-state index contributed by atoms with van der Waals surface area (Å²) >= 11 is 0. The molecule has 0 amide bonds. The van der Waals surface area contributed by atoms with E-state index in [0.29, 0.717) is 5.92 Å². The normalized spacial score (nSPS) is 15.3. The van der Waals surface area contributed by atoms with Crippen LogP contribution in [0.4, 0.5) is 0 Å². The number of hydrogen-bond donors (Lipinski definition) is 2. The number of allylic oxidation sites excluding steroid dienone is 2. The van der Waals surface area contributed by atoms with Crippen molar-refractivity contribution in [1.82, 2.24) is 0 Å². The molecule has 188 valence electrons. The first kappa shape index (κ1) is 26.9. The number of hydrogen-bond acceptors (Lipinski definition) is 2. The molecule has 4 rings (SSSR count). The van der Waals surface area contributed by atoms with Crippen molar-refractivity contribution in [1.29, 1.82) is 0 Å². The molecular formula is C32H36O4. The summed E-state index contributed by atoms with van der Waals surface area (Å²) in [5, 5.41) is 17.9. The minimum absolute atomic E-state index is 0.0271. The molecule has 0 saturated heterocycles. The van der Waals surface area contributed by atoms with E-state index in [2.05, 4.69) is 45.0 Å². The Balaban J connectivity index is 0.000000223. The number of benzene rings is 3. The summed E-state index contributed by atoms with van der Waals surface area (Å²) < 4.78 is 0. The molecule has 4 heteroatoms. The van der Waals surface area contributed by atoms with Crippen LogP contribution in [-0.2, 0) is 16.0 Å². The second-order valence-corrected chi connectivity index (χ2v) is 10.2. The van der Waals surface area contributed by atoms with Crippen molar-refractivity contribution in [2.45, 2.75) is 52.9 Å². The lowest BCUT2D eigenvalue weighted by atomic mass is 9.70. The van der Waals surface area contributed by atoms with Crippen molar-refractivity contribution >= 4 is 11.9 Å². The van der Waals surface area contributed by atoms with Gasteiger partial charge in [0.1, 0.15) is 0 Å². The first-order valence-electron chi connectivity index (χ1n) is 12.5. The van der Waals surface area contributed by atoms with Gasteiger partial charge in [-0.05, 0) is 65.3 Å². The highest BCUT2D eigenvalue weighted by atomic mass is 16.4. The van der Waals surface area contributed by atoms with E-state index in [-0.39, 0.29) is 18.3 Å². The van der Waals surface area contributed by atoms with Crippen molar-refractivity contribution in [2.24, 2.45) is 11.3 Å². The number of rotatable bonds is 7. The second-order valence-electron chi connectivity index (χ2n) is 10.2. The van der Waals surface area contributed by atoms with Crippen LogP contribution in [0.5, 0.6) is 0 Å². The van der Waals surface area contributed by atoms with Gasteiger partial charge in [-0.2, -0.15) is 0 Å². The molecule has 4 nitrogen and oxygen atoms in total.